The molecule has 0 fully saturated rings. The summed E-state index contributed by atoms with van der Waals surface area (Å²) in [7, 11) is 0. The summed E-state index contributed by atoms with van der Waals surface area (Å²) < 4.78 is 32.4. The molecule has 1 atom stereocenters. The number of rotatable bonds is 10. The zero-order chi connectivity index (χ0) is 25.5. The number of thiazole rings is 1. The first kappa shape index (κ1) is 24.8. The molecule has 2 aromatic heterocycles. The van der Waals surface area contributed by atoms with Crippen LogP contribution in [0.3, 0.4) is 0 Å². The fourth-order valence-corrected chi connectivity index (χ4v) is 3.84. The number of amides is 2. The summed E-state index contributed by atoms with van der Waals surface area (Å²) in [6.07, 6.45) is 1.24. The van der Waals surface area contributed by atoms with Gasteiger partial charge in [0.15, 0.2) is 5.82 Å². The molecule has 12 heteroatoms. The predicted molar refractivity (Wildman–Crippen MR) is 124 cm³/mol. The lowest BCUT2D eigenvalue weighted by atomic mass is 10.0. The molecule has 0 saturated heterocycles. The number of ketones is 1. The number of nitrogens with one attached hydrogen (secondary N) is 2. The number of Topliss-reactive ketones (excluding diaryl/α,β-unsaturated/α-hetero) is 1. The molecule has 2 amide bonds. The summed E-state index contributed by atoms with van der Waals surface area (Å²) in [4.78, 5) is 46.0. The molecule has 2 aromatic carbocycles. The van der Waals surface area contributed by atoms with Crippen LogP contribution >= 0.6 is 11.3 Å². The van der Waals surface area contributed by atoms with Gasteiger partial charge < -0.3 is 15.2 Å². The molecule has 0 unspecified atom stereocenters. The van der Waals surface area contributed by atoms with Gasteiger partial charge in [-0.1, -0.05) is 35.5 Å². The topological polar surface area (TPSA) is 127 Å². The smallest absolute Gasteiger partial charge is 0.289 e. The summed E-state index contributed by atoms with van der Waals surface area (Å²) in [6, 6.07) is 10.5. The van der Waals surface area contributed by atoms with Crippen LogP contribution in [0.25, 0.3) is 11.5 Å². The maximum atomic E-state index is 14.0. The van der Waals surface area contributed by atoms with E-state index in [1.54, 1.807) is 41.9 Å². The van der Waals surface area contributed by atoms with Crippen LogP contribution in [0.4, 0.5) is 8.78 Å². The van der Waals surface area contributed by atoms with E-state index in [0.29, 0.717) is 5.01 Å². The fraction of sp³-hybridized carbons (Fsp3) is 0.167. The maximum absolute atomic E-state index is 14.0. The Labute approximate surface area is 207 Å². The first-order valence-corrected chi connectivity index (χ1v) is 11.6. The third-order valence-electron chi connectivity index (χ3n) is 4.99. The lowest BCUT2D eigenvalue weighted by molar-refractivity contribution is -0.140. The number of aromatic nitrogens is 3. The van der Waals surface area contributed by atoms with Gasteiger partial charge >= 0.3 is 0 Å². The average molecular weight is 512 g/mol. The average Bonchev–Trinajstić information content (AvgIpc) is 3.56. The number of benzene rings is 2. The highest BCUT2D eigenvalue weighted by Gasteiger charge is 2.28. The molecule has 2 heterocycles. The van der Waals surface area contributed by atoms with Crippen molar-refractivity contribution in [2.24, 2.45) is 0 Å². The molecule has 36 heavy (non-hydrogen) atoms. The predicted octanol–water partition coefficient (Wildman–Crippen LogP) is 2.63. The lowest BCUT2D eigenvalue weighted by Crippen LogP contribution is -2.49. The van der Waals surface area contributed by atoms with Crippen molar-refractivity contribution in [3.8, 4) is 11.5 Å². The third kappa shape index (κ3) is 6.42. The molecule has 4 aromatic rings. The van der Waals surface area contributed by atoms with E-state index in [4.69, 9.17) is 4.52 Å². The van der Waals surface area contributed by atoms with E-state index < -0.39 is 41.7 Å². The monoisotopic (exact) mass is 511 g/mol. The quantitative estimate of drug-likeness (QED) is 0.313. The van der Waals surface area contributed by atoms with Crippen molar-refractivity contribution in [3.05, 3.63) is 88.1 Å². The number of nitrogens with zero attached hydrogens (tertiary/aromatic N) is 3. The summed E-state index contributed by atoms with van der Waals surface area (Å²) >= 11 is 1.33. The molecule has 0 saturated carbocycles. The van der Waals surface area contributed by atoms with Gasteiger partial charge in [-0.3, -0.25) is 14.4 Å². The molecule has 4 rings (SSSR count). The SMILES string of the molecule is O=C(Cc1noc(-c2cc(F)ccc2F)n1)N[C@H](Cc1ccccc1)C(=O)C(=O)NCc1nccs1. The van der Waals surface area contributed by atoms with Crippen LogP contribution in [0.1, 0.15) is 16.4 Å². The van der Waals surface area contributed by atoms with Gasteiger partial charge in [-0.2, -0.15) is 4.98 Å². The first-order valence-electron chi connectivity index (χ1n) is 10.7. The maximum Gasteiger partial charge on any atom is 0.289 e. The van der Waals surface area contributed by atoms with Gasteiger partial charge in [0.25, 0.3) is 11.8 Å². The van der Waals surface area contributed by atoms with E-state index >= 15 is 0 Å². The summed E-state index contributed by atoms with van der Waals surface area (Å²) in [5.74, 6) is -4.23. The first-order chi connectivity index (χ1) is 17.4. The van der Waals surface area contributed by atoms with Gasteiger partial charge in [0.05, 0.1) is 18.5 Å². The Morgan fingerprint density at radius 1 is 1.08 bits per heavy atom. The second kappa shape index (κ2) is 11.4. The lowest BCUT2D eigenvalue weighted by Gasteiger charge is -2.17. The van der Waals surface area contributed by atoms with Gasteiger partial charge in [0, 0.05) is 18.0 Å². The van der Waals surface area contributed by atoms with E-state index in [1.807, 2.05) is 0 Å². The van der Waals surface area contributed by atoms with Crippen LogP contribution in [0.2, 0.25) is 0 Å². The Bertz CT molecular complexity index is 1360. The van der Waals surface area contributed by atoms with Crippen LogP contribution in [0.15, 0.2) is 64.6 Å². The van der Waals surface area contributed by atoms with E-state index in [0.717, 1.165) is 23.8 Å². The zero-order valence-corrected chi connectivity index (χ0v) is 19.4. The number of hydrogen-bond donors (Lipinski definition) is 2. The summed E-state index contributed by atoms with van der Waals surface area (Å²) in [6.45, 7) is 0.0799. The van der Waals surface area contributed by atoms with Crippen LogP contribution in [0, 0.1) is 11.6 Å². The van der Waals surface area contributed by atoms with E-state index in [1.165, 1.54) is 11.3 Å². The van der Waals surface area contributed by atoms with Gasteiger partial charge in [0.2, 0.25) is 11.7 Å². The van der Waals surface area contributed by atoms with E-state index in [2.05, 4.69) is 25.8 Å². The molecular formula is C24H19F2N5O4S. The van der Waals surface area contributed by atoms with Gasteiger partial charge in [-0.25, -0.2) is 13.8 Å². The highest BCUT2D eigenvalue weighted by Crippen LogP contribution is 2.22. The van der Waals surface area contributed by atoms with Crippen molar-refractivity contribution in [2.45, 2.75) is 25.4 Å². The third-order valence-corrected chi connectivity index (χ3v) is 5.77. The molecule has 0 aliphatic heterocycles. The van der Waals surface area contributed by atoms with E-state index in [9.17, 15) is 23.2 Å². The molecule has 0 aliphatic rings. The molecule has 0 aliphatic carbocycles. The second-order valence-electron chi connectivity index (χ2n) is 7.60. The summed E-state index contributed by atoms with van der Waals surface area (Å²) in [5.41, 5.74) is 0.482. The Kier molecular flexibility index (Phi) is 7.85. The molecule has 2 N–H and O–H groups in total. The van der Waals surface area contributed by atoms with Gasteiger partial charge in [-0.15, -0.1) is 11.3 Å². The van der Waals surface area contributed by atoms with Crippen LogP contribution < -0.4 is 10.6 Å². The Morgan fingerprint density at radius 3 is 2.64 bits per heavy atom. The highest BCUT2D eigenvalue weighted by molar-refractivity contribution is 7.09. The minimum Gasteiger partial charge on any atom is -0.345 e. The van der Waals surface area contributed by atoms with Crippen LogP contribution in [-0.4, -0.2) is 38.8 Å². The van der Waals surface area contributed by atoms with E-state index in [-0.39, 0.29) is 30.2 Å². The Balaban J connectivity index is 1.44. The Hall–Kier alpha value is -4.32. The highest BCUT2D eigenvalue weighted by atomic mass is 32.1. The van der Waals surface area contributed by atoms with Crippen molar-refractivity contribution < 1.29 is 27.7 Å². The minimum atomic E-state index is -1.16. The van der Waals surface area contributed by atoms with Crippen molar-refractivity contribution >= 4 is 28.9 Å². The number of carbonyl (C=O) groups is 3. The molecule has 9 nitrogen and oxygen atoms in total. The zero-order valence-electron chi connectivity index (χ0n) is 18.6. The number of carbonyl (C=O) groups excluding carboxylic acids is 3. The molecule has 0 radical (unpaired) electrons. The van der Waals surface area contributed by atoms with Crippen molar-refractivity contribution in [3.63, 3.8) is 0 Å². The standard InChI is InChI=1S/C24H19F2N5O4S/c25-15-6-7-17(26)16(11-15)24-30-19(31-35-24)12-20(32)29-18(10-14-4-2-1-3-5-14)22(33)23(34)28-13-21-27-8-9-36-21/h1-9,11,18H,10,12-13H2,(H,28,34)(H,29,32)/t18-/m1/s1. The second-order valence-corrected chi connectivity index (χ2v) is 8.58. The van der Waals surface area contributed by atoms with Gasteiger partial charge in [-0.05, 0) is 23.8 Å². The fourth-order valence-electron chi connectivity index (χ4n) is 3.29. The normalized spacial score (nSPS) is 11.6. The number of hydrogen-bond acceptors (Lipinski definition) is 8. The van der Waals surface area contributed by atoms with Crippen molar-refractivity contribution in [2.75, 3.05) is 0 Å². The minimum absolute atomic E-state index is 0.0715. The number of halogens is 2. The van der Waals surface area contributed by atoms with Gasteiger partial charge in [0.1, 0.15) is 22.7 Å². The largest absolute Gasteiger partial charge is 0.345 e. The molecule has 0 bridgehead atoms. The molecule has 0 spiro atoms. The summed E-state index contributed by atoms with van der Waals surface area (Å²) in [5, 5.41) is 11.0. The van der Waals surface area contributed by atoms with Crippen LogP contribution in [0.5, 0.6) is 0 Å². The van der Waals surface area contributed by atoms with Crippen molar-refractivity contribution in [1.82, 2.24) is 25.8 Å². The molecule has 184 valence electrons. The van der Waals surface area contributed by atoms with Crippen molar-refractivity contribution in [1.29, 1.82) is 0 Å². The Morgan fingerprint density at radius 2 is 1.89 bits per heavy atom. The molecular weight excluding hydrogens is 492 g/mol. The van der Waals surface area contributed by atoms with Crippen LogP contribution in [-0.2, 0) is 33.8 Å².